The molecule has 0 atom stereocenters. The molecule has 8 nitrogen and oxygen atoms in total. The van der Waals surface area contributed by atoms with Gasteiger partial charge >= 0.3 is 0 Å². The van der Waals surface area contributed by atoms with Crippen molar-refractivity contribution in [2.45, 2.75) is 49.8 Å². The number of hydrazone groups is 1. The van der Waals surface area contributed by atoms with Gasteiger partial charge in [-0.15, -0.1) is 0 Å². The smallest absolute Gasteiger partial charge is 0.267 e. The molecular formula is C19H26N4O4S. The second-order valence-corrected chi connectivity index (χ2v) is 9.00. The minimum Gasteiger partial charge on any atom is -0.351 e. The highest BCUT2D eigenvalue weighted by Crippen LogP contribution is 2.20. The second kappa shape index (κ2) is 9.29. The Kier molecular flexibility index (Phi) is 6.79. The van der Waals surface area contributed by atoms with Crippen LogP contribution in [0.15, 0.2) is 34.3 Å². The number of amides is 2. The van der Waals surface area contributed by atoms with Crippen molar-refractivity contribution in [3.8, 4) is 0 Å². The van der Waals surface area contributed by atoms with Crippen molar-refractivity contribution in [1.29, 1.82) is 0 Å². The van der Waals surface area contributed by atoms with Gasteiger partial charge in [0.15, 0.2) is 0 Å². The van der Waals surface area contributed by atoms with Crippen molar-refractivity contribution in [3.63, 3.8) is 0 Å². The highest BCUT2D eigenvalue weighted by molar-refractivity contribution is 7.89. The molecule has 0 aromatic heterocycles. The Morgan fingerprint density at radius 2 is 1.75 bits per heavy atom. The van der Waals surface area contributed by atoms with Crippen molar-refractivity contribution in [2.75, 3.05) is 19.6 Å². The van der Waals surface area contributed by atoms with E-state index in [9.17, 15) is 18.0 Å². The standard InChI is InChI=1S/C19H26N4O4S/c24-18-10-9-17(21-22-18)19(25)20-12-11-15-5-7-16(8-6-15)28(26,27)23-13-3-1-2-4-14-23/h5-8H,1-4,9-14H2,(H,20,25)(H,22,24). The number of hydrogen-bond acceptors (Lipinski definition) is 5. The fourth-order valence-electron chi connectivity index (χ4n) is 3.32. The molecule has 0 bridgehead atoms. The predicted octanol–water partition coefficient (Wildman–Crippen LogP) is 1.18. The summed E-state index contributed by atoms with van der Waals surface area (Å²) in [6.45, 7) is 1.57. The summed E-state index contributed by atoms with van der Waals surface area (Å²) in [6, 6.07) is 6.85. The maximum absolute atomic E-state index is 12.8. The first-order chi connectivity index (χ1) is 13.5. The average molecular weight is 407 g/mol. The molecule has 152 valence electrons. The Labute approximate surface area is 165 Å². The predicted molar refractivity (Wildman–Crippen MR) is 105 cm³/mol. The van der Waals surface area contributed by atoms with E-state index in [-0.39, 0.29) is 18.2 Å². The van der Waals surface area contributed by atoms with Crippen LogP contribution in [-0.2, 0) is 26.0 Å². The first-order valence-corrected chi connectivity index (χ1v) is 11.1. The Balaban J connectivity index is 1.53. The van der Waals surface area contributed by atoms with Crippen LogP contribution in [0.25, 0.3) is 0 Å². The lowest BCUT2D eigenvalue weighted by Crippen LogP contribution is -2.37. The maximum atomic E-state index is 12.8. The molecule has 2 aliphatic rings. The van der Waals surface area contributed by atoms with E-state index in [2.05, 4.69) is 15.8 Å². The lowest BCUT2D eigenvalue weighted by atomic mass is 10.1. The van der Waals surface area contributed by atoms with Crippen molar-refractivity contribution in [2.24, 2.45) is 5.10 Å². The number of hydrogen-bond donors (Lipinski definition) is 2. The summed E-state index contributed by atoms with van der Waals surface area (Å²) in [5, 5.41) is 6.53. The lowest BCUT2D eigenvalue weighted by Gasteiger charge is -2.20. The summed E-state index contributed by atoms with van der Waals surface area (Å²) in [5.41, 5.74) is 3.56. The molecule has 2 N–H and O–H groups in total. The van der Waals surface area contributed by atoms with Gasteiger partial charge in [0.05, 0.1) is 4.90 Å². The third-order valence-electron chi connectivity index (χ3n) is 4.99. The molecular weight excluding hydrogens is 380 g/mol. The third kappa shape index (κ3) is 5.17. The van der Waals surface area contributed by atoms with Gasteiger partial charge in [-0.05, 0) is 37.0 Å². The van der Waals surface area contributed by atoms with E-state index in [1.54, 1.807) is 28.6 Å². The number of nitrogens with one attached hydrogen (secondary N) is 2. The molecule has 1 fully saturated rings. The normalized spacial score (nSPS) is 18.7. The zero-order valence-corrected chi connectivity index (χ0v) is 16.6. The van der Waals surface area contributed by atoms with Crippen LogP contribution in [0.2, 0.25) is 0 Å². The molecule has 9 heteroatoms. The lowest BCUT2D eigenvalue weighted by molar-refractivity contribution is -0.121. The fourth-order valence-corrected chi connectivity index (χ4v) is 4.84. The molecule has 2 aliphatic heterocycles. The van der Waals surface area contributed by atoms with Gasteiger partial charge in [0.25, 0.3) is 5.91 Å². The second-order valence-electron chi connectivity index (χ2n) is 7.06. The molecule has 0 radical (unpaired) electrons. The number of nitrogens with zero attached hydrogens (tertiary/aromatic N) is 2. The Bertz CT molecular complexity index is 841. The van der Waals surface area contributed by atoms with Crippen molar-refractivity contribution in [3.05, 3.63) is 29.8 Å². The number of carbonyl (C=O) groups excluding carboxylic acids is 2. The van der Waals surface area contributed by atoms with Gasteiger partial charge in [0.2, 0.25) is 15.9 Å². The van der Waals surface area contributed by atoms with Gasteiger partial charge in [-0.25, -0.2) is 13.8 Å². The molecule has 2 amide bonds. The molecule has 0 aliphatic carbocycles. The van der Waals surface area contributed by atoms with Crippen molar-refractivity contribution in [1.82, 2.24) is 15.0 Å². The first kappa shape index (κ1) is 20.5. The Hall–Kier alpha value is -2.26. The van der Waals surface area contributed by atoms with Crippen molar-refractivity contribution >= 4 is 27.5 Å². The number of rotatable bonds is 6. The minimum atomic E-state index is -3.44. The summed E-state index contributed by atoms with van der Waals surface area (Å²) in [5.74, 6) is -0.480. The van der Waals surface area contributed by atoms with Crippen LogP contribution in [0.3, 0.4) is 0 Å². The topological polar surface area (TPSA) is 108 Å². The molecule has 2 heterocycles. The Morgan fingerprint density at radius 1 is 1.07 bits per heavy atom. The molecule has 1 aromatic carbocycles. The molecule has 0 spiro atoms. The monoisotopic (exact) mass is 406 g/mol. The highest BCUT2D eigenvalue weighted by Gasteiger charge is 2.25. The van der Waals surface area contributed by atoms with Crippen LogP contribution >= 0.6 is 0 Å². The van der Waals surface area contributed by atoms with Gasteiger partial charge in [0, 0.05) is 32.5 Å². The average Bonchev–Trinajstić information content (AvgIpc) is 2.99. The zero-order chi connectivity index (χ0) is 20.0. The molecule has 28 heavy (non-hydrogen) atoms. The van der Waals surface area contributed by atoms with Gasteiger partial charge < -0.3 is 5.32 Å². The fraction of sp³-hybridized carbons (Fsp3) is 0.526. The molecule has 1 saturated heterocycles. The third-order valence-corrected chi connectivity index (χ3v) is 6.90. The van der Waals surface area contributed by atoms with E-state index in [4.69, 9.17) is 0 Å². The van der Waals surface area contributed by atoms with Gasteiger partial charge in [0.1, 0.15) is 5.71 Å². The Morgan fingerprint density at radius 3 is 2.36 bits per heavy atom. The van der Waals surface area contributed by atoms with E-state index >= 15 is 0 Å². The van der Waals surface area contributed by atoms with E-state index in [0.29, 0.717) is 43.1 Å². The summed E-state index contributed by atoms with van der Waals surface area (Å²) in [7, 11) is -3.44. The van der Waals surface area contributed by atoms with Crippen LogP contribution in [0.4, 0.5) is 0 Å². The SMILES string of the molecule is O=C1CCC(C(=O)NCCc2ccc(S(=O)(=O)N3CCCCCC3)cc2)=NN1. The number of sulfonamides is 1. The molecule has 3 rings (SSSR count). The van der Waals surface area contributed by atoms with E-state index in [1.165, 1.54) is 0 Å². The summed E-state index contributed by atoms with van der Waals surface area (Å²) in [6.07, 6.45) is 5.15. The van der Waals surface area contributed by atoms with Crippen LogP contribution in [0.1, 0.15) is 44.1 Å². The minimum absolute atomic E-state index is 0.188. The van der Waals surface area contributed by atoms with Crippen LogP contribution in [0, 0.1) is 0 Å². The maximum Gasteiger partial charge on any atom is 0.267 e. The van der Waals surface area contributed by atoms with Gasteiger partial charge in [-0.1, -0.05) is 25.0 Å². The largest absolute Gasteiger partial charge is 0.351 e. The van der Waals surface area contributed by atoms with E-state index in [1.807, 2.05) is 0 Å². The van der Waals surface area contributed by atoms with Crippen LogP contribution < -0.4 is 10.7 Å². The summed E-state index contributed by atoms with van der Waals surface area (Å²) >= 11 is 0. The van der Waals surface area contributed by atoms with Crippen LogP contribution in [-0.4, -0.2) is 49.9 Å². The quantitative estimate of drug-likeness (QED) is 0.739. The first-order valence-electron chi connectivity index (χ1n) is 9.69. The molecule has 1 aromatic rings. The summed E-state index contributed by atoms with van der Waals surface area (Å²) < 4.78 is 27.1. The number of benzene rings is 1. The van der Waals surface area contributed by atoms with Gasteiger partial charge in [-0.2, -0.15) is 9.41 Å². The number of carbonyl (C=O) groups is 2. The van der Waals surface area contributed by atoms with Crippen LogP contribution in [0.5, 0.6) is 0 Å². The van der Waals surface area contributed by atoms with E-state index in [0.717, 1.165) is 31.2 Å². The molecule has 0 unspecified atom stereocenters. The summed E-state index contributed by atoms with van der Waals surface area (Å²) in [4.78, 5) is 23.4. The van der Waals surface area contributed by atoms with Gasteiger partial charge in [-0.3, -0.25) is 9.59 Å². The zero-order valence-electron chi connectivity index (χ0n) is 15.8. The highest BCUT2D eigenvalue weighted by atomic mass is 32.2. The van der Waals surface area contributed by atoms with Crippen molar-refractivity contribution < 1.29 is 18.0 Å². The van der Waals surface area contributed by atoms with E-state index < -0.39 is 10.0 Å². The molecule has 0 saturated carbocycles.